The zero-order valence-corrected chi connectivity index (χ0v) is 19.0. The molecule has 0 aromatic rings. The third-order valence-electron chi connectivity index (χ3n) is 3.88. The summed E-state index contributed by atoms with van der Waals surface area (Å²) in [4.78, 5) is 63.6. The lowest BCUT2D eigenvalue weighted by Gasteiger charge is -2.21. The first-order valence-corrected chi connectivity index (χ1v) is 10.7. The molecule has 3 amide bonds. The molecule has 0 spiro atoms. The Morgan fingerprint density at radius 2 is 1.88 bits per heavy atom. The number of rotatable bonds is 15. The molecule has 13 nitrogen and oxygen atoms in total. The zero-order valence-electron chi connectivity index (χ0n) is 18.2. The fourth-order valence-electron chi connectivity index (χ4n) is 2.02. The summed E-state index contributed by atoms with van der Waals surface area (Å²) >= 11 is 0.926. The topological polar surface area (TPSA) is 198 Å². The van der Waals surface area contributed by atoms with Crippen molar-refractivity contribution in [1.82, 2.24) is 15.7 Å². The van der Waals surface area contributed by atoms with E-state index in [9.17, 15) is 24.0 Å². The number of aliphatic carboxylic acids is 1. The molecule has 0 bridgehead atoms. The third-order valence-corrected chi connectivity index (χ3v) is 4.81. The molecule has 0 saturated carbocycles. The first-order valence-electron chi connectivity index (χ1n) is 9.61. The number of likely N-dealkylation sites (N-methyl/N-ethyl adjacent to an activating group) is 1. The van der Waals surface area contributed by atoms with E-state index in [2.05, 4.69) is 10.8 Å². The monoisotopic (exact) mass is 478 g/mol. The van der Waals surface area contributed by atoms with Gasteiger partial charge in [-0.15, -0.1) is 11.8 Å². The molecule has 0 aliphatic rings. The van der Waals surface area contributed by atoms with Crippen LogP contribution in [0.5, 0.6) is 0 Å². The number of imide groups is 1. The molecular weight excluding hydrogens is 448 g/mol. The highest BCUT2D eigenvalue weighted by Crippen LogP contribution is 2.12. The lowest BCUT2D eigenvalue weighted by Crippen LogP contribution is -2.50. The van der Waals surface area contributed by atoms with E-state index in [0.29, 0.717) is 11.3 Å². The molecule has 0 rings (SSSR count). The molecule has 2 atom stereocenters. The van der Waals surface area contributed by atoms with E-state index in [0.717, 1.165) is 25.2 Å². The van der Waals surface area contributed by atoms with Crippen molar-refractivity contribution >= 4 is 41.6 Å². The van der Waals surface area contributed by atoms with Crippen LogP contribution in [0.1, 0.15) is 32.6 Å². The van der Waals surface area contributed by atoms with Crippen molar-refractivity contribution in [2.45, 2.75) is 44.7 Å². The highest BCUT2D eigenvalue weighted by atomic mass is 32.2. The minimum Gasteiger partial charge on any atom is -0.480 e. The number of carbonyl (C=O) groups excluding carboxylic acids is 3. The predicted molar refractivity (Wildman–Crippen MR) is 114 cm³/mol. The largest absolute Gasteiger partial charge is 0.480 e. The Balaban J connectivity index is 5.21. The number of hydrogen-bond acceptors (Lipinski definition) is 10. The summed E-state index contributed by atoms with van der Waals surface area (Å²) < 4.78 is 5.06. The van der Waals surface area contributed by atoms with E-state index in [1.165, 1.54) is 12.5 Å². The highest BCUT2D eigenvalue weighted by Gasteiger charge is 2.27. The summed E-state index contributed by atoms with van der Waals surface area (Å²) in [5, 5.41) is 21.5. The fraction of sp³-hybridized carbons (Fsp3) is 0.611. The number of hydroxylamine groups is 1. The average molecular weight is 479 g/mol. The van der Waals surface area contributed by atoms with Crippen LogP contribution >= 0.6 is 11.8 Å². The molecule has 32 heavy (non-hydrogen) atoms. The quantitative estimate of drug-likeness (QED) is 0.0905. The second-order valence-electron chi connectivity index (χ2n) is 6.44. The number of nitrogens with zero attached hydrogens (tertiary/aromatic N) is 1. The van der Waals surface area contributed by atoms with Gasteiger partial charge in [0.1, 0.15) is 12.1 Å². The Morgan fingerprint density at radius 3 is 2.41 bits per heavy atom. The first kappa shape index (κ1) is 29.2. The van der Waals surface area contributed by atoms with Crippen molar-refractivity contribution in [1.29, 1.82) is 0 Å². The molecule has 2 unspecified atom stereocenters. The van der Waals surface area contributed by atoms with Crippen LogP contribution in [-0.4, -0.2) is 83.6 Å². The van der Waals surface area contributed by atoms with Crippen LogP contribution in [0.3, 0.4) is 0 Å². The Hall–Kier alpha value is -2.84. The van der Waals surface area contributed by atoms with Crippen molar-refractivity contribution in [3.05, 3.63) is 11.1 Å². The average Bonchev–Trinajstić information content (AvgIpc) is 2.74. The number of nitrogens with two attached hydrogens (primary N) is 1. The number of ether oxygens (including phenoxy) is 1. The summed E-state index contributed by atoms with van der Waals surface area (Å²) in [5.74, 6) is -3.70. The van der Waals surface area contributed by atoms with E-state index in [1.54, 1.807) is 0 Å². The van der Waals surface area contributed by atoms with Crippen molar-refractivity contribution in [2.24, 2.45) is 5.73 Å². The number of nitrogens with one attached hydrogen (secondary N) is 2. The van der Waals surface area contributed by atoms with Gasteiger partial charge in [-0.1, -0.05) is 13.3 Å². The van der Waals surface area contributed by atoms with E-state index in [4.69, 9.17) is 25.5 Å². The number of esters is 1. The van der Waals surface area contributed by atoms with Crippen LogP contribution in [-0.2, 0) is 28.8 Å². The maximum absolute atomic E-state index is 12.4. The smallest absolute Gasteiger partial charge is 0.413 e. The molecular formula is C18H30N4O9S. The number of carbonyl (C=O) groups is 5. The summed E-state index contributed by atoms with van der Waals surface area (Å²) in [7, 11) is 2.31. The van der Waals surface area contributed by atoms with Gasteiger partial charge in [0.15, 0.2) is 5.70 Å². The molecule has 182 valence electrons. The molecule has 0 aromatic heterocycles. The van der Waals surface area contributed by atoms with Gasteiger partial charge in [0.05, 0.1) is 13.7 Å². The van der Waals surface area contributed by atoms with Crippen LogP contribution < -0.4 is 16.5 Å². The normalized spacial score (nSPS) is 12.9. The standard InChI is InChI=1S/C18H30N4O9S/c1-4-5-8-31-17(27)13(21-30-3)10-32-9-12(15(24)22(2)18(28)29)20-14(23)7-6-11(19)16(25)26/h10-12,21H,4-9,19H2,1-3H3,(H,20,23)(H,25,26)(H,28,29). The van der Waals surface area contributed by atoms with Gasteiger partial charge in [-0.05, 0) is 12.8 Å². The van der Waals surface area contributed by atoms with Crippen LogP contribution in [0.4, 0.5) is 4.79 Å². The van der Waals surface area contributed by atoms with Gasteiger partial charge in [-0.2, -0.15) is 0 Å². The molecule has 0 aliphatic carbocycles. The lowest BCUT2D eigenvalue weighted by atomic mass is 10.1. The van der Waals surface area contributed by atoms with Crippen LogP contribution in [0.15, 0.2) is 11.1 Å². The number of hydrogen-bond donors (Lipinski definition) is 5. The summed E-state index contributed by atoms with van der Waals surface area (Å²) in [6.45, 7) is 2.14. The van der Waals surface area contributed by atoms with Crippen molar-refractivity contribution < 1.29 is 43.8 Å². The fourth-order valence-corrected chi connectivity index (χ4v) is 2.84. The minimum atomic E-state index is -1.52. The van der Waals surface area contributed by atoms with E-state index in [1.807, 2.05) is 6.92 Å². The highest BCUT2D eigenvalue weighted by molar-refractivity contribution is 8.02. The van der Waals surface area contributed by atoms with Crippen molar-refractivity contribution in [2.75, 3.05) is 26.5 Å². The van der Waals surface area contributed by atoms with E-state index < -0.39 is 41.9 Å². The number of unbranched alkanes of at least 4 members (excludes halogenated alkanes) is 1. The maximum atomic E-state index is 12.4. The van der Waals surface area contributed by atoms with Gasteiger partial charge >= 0.3 is 18.0 Å². The molecule has 0 fully saturated rings. The number of carboxylic acid groups (broad SMARTS) is 2. The van der Waals surface area contributed by atoms with Crippen LogP contribution in [0, 0.1) is 0 Å². The number of thioether (sulfide) groups is 1. The van der Waals surface area contributed by atoms with E-state index >= 15 is 0 Å². The number of amides is 3. The lowest BCUT2D eigenvalue weighted by molar-refractivity contribution is -0.141. The third kappa shape index (κ3) is 11.5. The number of carboxylic acids is 1. The first-order chi connectivity index (χ1) is 15.0. The second-order valence-corrected chi connectivity index (χ2v) is 7.35. The molecule has 14 heteroatoms. The molecule has 6 N–H and O–H groups in total. The molecule has 0 heterocycles. The van der Waals surface area contributed by atoms with Crippen LogP contribution in [0.2, 0.25) is 0 Å². The Labute approximate surface area is 189 Å². The van der Waals surface area contributed by atoms with Gasteiger partial charge in [0.2, 0.25) is 5.91 Å². The minimum absolute atomic E-state index is 0.0508. The summed E-state index contributed by atoms with van der Waals surface area (Å²) in [5.41, 5.74) is 7.66. The summed E-state index contributed by atoms with van der Waals surface area (Å²) in [6, 6.07) is -2.53. The van der Waals surface area contributed by atoms with Gasteiger partial charge in [-0.3, -0.25) is 24.7 Å². The van der Waals surface area contributed by atoms with Crippen LogP contribution in [0.25, 0.3) is 0 Å². The predicted octanol–water partition coefficient (Wildman–Crippen LogP) is -0.131. The molecule has 0 saturated heterocycles. The van der Waals surface area contributed by atoms with Crippen molar-refractivity contribution in [3.63, 3.8) is 0 Å². The molecule has 0 aliphatic heterocycles. The Kier molecular flexibility index (Phi) is 14.5. The summed E-state index contributed by atoms with van der Waals surface area (Å²) in [6.07, 6.45) is -0.473. The SMILES string of the molecule is CCCCOC(=O)C(=CSCC(NC(=O)CCC(N)C(=O)O)C(=O)N(C)C(=O)O)NOC. The molecule has 0 aromatic carbocycles. The van der Waals surface area contributed by atoms with E-state index in [-0.39, 0.29) is 30.9 Å². The second kappa shape index (κ2) is 15.9. The maximum Gasteiger partial charge on any atom is 0.413 e. The Morgan fingerprint density at radius 1 is 1.22 bits per heavy atom. The van der Waals surface area contributed by atoms with Gasteiger partial charge in [0, 0.05) is 24.6 Å². The zero-order chi connectivity index (χ0) is 24.7. The van der Waals surface area contributed by atoms with Gasteiger partial charge < -0.3 is 26.0 Å². The van der Waals surface area contributed by atoms with Gasteiger partial charge in [0.25, 0.3) is 5.91 Å². The van der Waals surface area contributed by atoms with Crippen molar-refractivity contribution in [3.8, 4) is 0 Å². The Bertz CT molecular complexity index is 702. The molecule has 0 radical (unpaired) electrons. The van der Waals surface area contributed by atoms with Gasteiger partial charge in [-0.25, -0.2) is 14.5 Å².